The monoisotopic (exact) mass is 419 g/mol. The number of nitrogens with zero attached hydrogens (tertiary/aromatic N) is 3. The molecule has 1 amide bonds. The molecule has 1 saturated heterocycles. The SMILES string of the molecule is CCN(C(=O)[C@H](C)Sc1nc(C)cc(-c2ccccc2)n1)[C@H]1CCS(=O)(=O)C1. The van der Waals surface area contributed by atoms with E-state index in [1.165, 1.54) is 11.8 Å². The fraction of sp³-hybridized carbons (Fsp3) is 0.450. The van der Waals surface area contributed by atoms with E-state index in [1.54, 1.807) is 4.90 Å². The Kier molecular flexibility index (Phi) is 6.40. The van der Waals surface area contributed by atoms with Crippen LogP contribution in [-0.4, -0.2) is 58.5 Å². The van der Waals surface area contributed by atoms with Gasteiger partial charge in [0.25, 0.3) is 0 Å². The Morgan fingerprint density at radius 3 is 2.61 bits per heavy atom. The van der Waals surface area contributed by atoms with E-state index < -0.39 is 15.1 Å². The summed E-state index contributed by atoms with van der Waals surface area (Å²) in [5, 5.41) is 0.156. The number of sulfone groups is 1. The lowest BCUT2D eigenvalue weighted by Crippen LogP contribution is -2.44. The van der Waals surface area contributed by atoms with Crippen molar-refractivity contribution in [1.29, 1.82) is 0 Å². The molecule has 8 heteroatoms. The van der Waals surface area contributed by atoms with Crippen LogP contribution in [0.15, 0.2) is 41.6 Å². The summed E-state index contributed by atoms with van der Waals surface area (Å²) < 4.78 is 23.6. The summed E-state index contributed by atoms with van der Waals surface area (Å²) in [6.07, 6.45) is 0.512. The molecule has 28 heavy (non-hydrogen) atoms. The average Bonchev–Trinajstić information content (AvgIpc) is 3.02. The standard InChI is InChI=1S/C20H25N3O3S2/c1-4-23(17-10-11-28(25,26)13-17)19(24)15(3)27-20-21-14(2)12-18(22-20)16-8-6-5-7-9-16/h5-9,12,15,17H,4,10-11,13H2,1-3H3/t15-,17-/m0/s1. The number of hydrogen-bond donors (Lipinski definition) is 0. The first-order chi connectivity index (χ1) is 13.3. The molecule has 1 aliphatic heterocycles. The first kappa shape index (κ1) is 20.8. The molecule has 0 saturated carbocycles. The minimum absolute atomic E-state index is 0.0586. The van der Waals surface area contributed by atoms with Gasteiger partial charge in [-0.3, -0.25) is 4.79 Å². The molecule has 2 heterocycles. The number of aryl methyl sites for hydroxylation is 1. The van der Waals surface area contributed by atoms with Gasteiger partial charge in [0, 0.05) is 23.8 Å². The van der Waals surface area contributed by atoms with E-state index in [4.69, 9.17) is 0 Å². The molecule has 3 rings (SSSR count). The lowest BCUT2D eigenvalue weighted by molar-refractivity contribution is -0.131. The number of rotatable bonds is 6. The average molecular weight is 420 g/mol. The largest absolute Gasteiger partial charge is 0.338 e. The molecule has 0 spiro atoms. The minimum Gasteiger partial charge on any atom is -0.338 e. The molecule has 0 radical (unpaired) electrons. The summed E-state index contributed by atoms with van der Waals surface area (Å²) >= 11 is 1.31. The molecule has 1 aromatic heterocycles. The summed E-state index contributed by atoms with van der Waals surface area (Å²) in [7, 11) is -3.04. The van der Waals surface area contributed by atoms with Crippen LogP contribution in [0, 0.1) is 6.92 Å². The van der Waals surface area contributed by atoms with Crippen molar-refractivity contribution >= 4 is 27.5 Å². The molecule has 6 nitrogen and oxygen atoms in total. The molecule has 1 aromatic carbocycles. The zero-order valence-corrected chi connectivity index (χ0v) is 18.0. The van der Waals surface area contributed by atoms with Crippen molar-refractivity contribution in [3.8, 4) is 11.3 Å². The third-order valence-corrected chi connectivity index (χ3v) is 7.51. The van der Waals surface area contributed by atoms with Crippen molar-refractivity contribution in [2.24, 2.45) is 0 Å². The maximum Gasteiger partial charge on any atom is 0.236 e. The van der Waals surface area contributed by atoms with Gasteiger partial charge in [-0.2, -0.15) is 0 Å². The second kappa shape index (κ2) is 8.61. The van der Waals surface area contributed by atoms with Gasteiger partial charge in [-0.05, 0) is 33.3 Å². The van der Waals surface area contributed by atoms with E-state index in [1.807, 2.05) is 57.2 Å². The first-order valence-corrected chi connectivity index (χ1v) is 12.1. The maximum absolute atomic E-state index is 13.0. The Hall–Kier alpha value is -1.93. The number of benzene rings is 1. The van der Waals surface area contributed by atoms with Crippen LogP contribution in [0.25, 0.3) is 11.3 Å². The van der Waals surface area contributed by atoms with Gasteiger partial charge in [0.05, 0.1) is 22.4 Å². The molecule has 2 atom stereocenters. The molecule has 2 aromatic rings. The molecule has 0 N–H and O–H groups in total. The molecule has 150 valence electrons. The Labute approximate surface area is 170 Å². The smallest absolute Gasteiger partial charge is 0.236 e. The van der Waals surface area contributed by atoms with Crippen molar-refractivity contribution in [3.05, 3.63) is 42.1 Å². The van der Waals surface area contributed by atoms with Crippen molar-refractivity contribution in [2.45, 2.75) is 43.6 Å². The highest BCUT2D eigenvalue weighted by Gasteiger charge is 2.35. The van der Waals surface area contributed by atoms with Gasteiger partial charge in [-0.1, -0.05) is 42.1 Å². The van der Waals surface area contributed by atoms with E-state index in [0.717, 1.165) is 17.0 Å². The Balaban J connectivity index is 1.75. The molecule has 1 aliphatic rings. The molecule has 0 aliphatic carbocycles. The molecule has 0 bridgehead atoms. The summed E-state index contributed by atoms with van der Waals surface area (Å²) in [5.74, 6) is 0.147. The lowest BCUT2D eigenvalue weighted by Gasteiger charge is -2.29. The van der Waals surface area contributed by atoms with Gasteiger partial charge < -0.3 is 4.90 Å². The summed E-state index contributed by atoms with van der Waals surface area (Å²) in [4.78, 5) is 23.8. The number of thioether (sulfide) groups is 1. The van der Waals surface area contributed by atoms with Crippen LogP contribution in [-0.2, 0) is 14.6 Å². The van der Waals surface area contributed by atoms with Crippen LogP contribution in [0.1, 0.15) is 26.0 Å². The second-order valence-electron chi connectivity index (χ2n) is 6.98. The van der Waals surface area contributed by atoms with Crippen LogP contribution < -0.4 is 0 Å². The maximum atomic E-state index is 13.0. The van der Waals surface area contributed by atoms with Crippen molar-refractivity contribution in [2.75, 3.05) is 18.1 Å². The van der Waals surface area contributed by atoms with Crippen LogP contribution in [0.4, 0.5) is 0 Å². The summed E-state index contributed by atoms with van der Waals surface area (Å²) in [6.45, 7) is 6.12. The van der Waals surface area contributed by atoms with Gasteiger partial charge in [0.15, 0.2) is 15.0 Å². The van der Waals surface area contributed by atoms with E-state index in [9.17, 15) is 13.2 Å². The number of amides is 1. The third-order valence-electron chi connectivity index (χ3n) is 4.81. The van der Waals surface area contributed by atoms with E-state index in [0.29, 0.717) is 18.1 Å². The van der Waals surface area contributed by atoms with Gasteiger partial charge in [0.2, 0.25) is 5.91 Å². The highest BCUT2D eigenvalue weighted by atomic mass is 32.2. The second-order valence-corrected chi connectivity index (χ2v) is 10.5. The zero-order valence-electron chi connectivity index (χ0n) is 16.3. The number of carbonyl (C=O) groups is 1. The molecular weight excluding hydrogens is 394 g/mol. The zero-order chi connectivity index (χ0) is 20.3. The van der Waals surface area contributed by atoms with Crippen molar-refractivity contribution in [3.63, 3.8) is 0 Å². The Morgan fingerprint density at radius 1 is 1.29 bits per heavy atom. The summed E-state index contributed by atoms with van der Waals surface area (Å²) in [6, 6.07) is 11.5. The van der Waals surface area contributed by atoms with Crippen LogP contribution in [0.5, 0.6) is 0 Å². The van der Waals surface area contributed by atoms with Crippen LogP contribution in [0.2, 0.25) is 0 Å². The molecular formula is C20H25N3O3S2. The predicted molar refractivity (Wildman–Crippen MR) is 112 cm³/mol. The number of carbonyl (C=O) groups excluding carboxylic acids is 1. The number of aromatic nitrogens is 2. The normalized spacial score (nSPS) is 19.3. The van der Waals surface area contributed by atoms with Gasteiger partial charge in [0.1, 0.15) is 0 Å². The highest BCUT2D eigenvalue weighted by Crippen LogP contribution is 2.27. The topological polar surface area (TPSA) is 80.2 Å². The van der Waals surface area contributed by atoms with E-state index in [2.05, 4.69) is 9.97 Å². The molecule has 1 fully saturated rings. The Morgan fingerprint density at radius 2 is 2.00 bits per heavy atom. The van der Waals surface area contributed by atoms with E-state index >= 15 is 0 Å². The van der Waals surface area contributed by atoms with Gasteiger partial charge in [-0.15, -0.1) is 0 Å². The minimum atomic E-state index is -3.04. The third kappa shape index (κ3) is 4.91. The lowest BCUT2D eigenvalue weighted by atomic mass is 10.1. The van der Waals surface area contributed by atoms with Gasteiger partial charge >= 0.3 is 0 Å². The Bertz CT molecular complexity index is 948. The summed E-state index contributed by atoms with van der Waals surface area (Å²) in [5.41, 5.74) is 2.66. The van der Waals surface area contributed by atoms with Crippen LogP contribution in [0.3, 0.4) is 0 Å². The van der Waals surface area contributed by atoms with Gasteiger partial charge in [-0.25, -0.2) is 18.4 Å². The van der Waals surface area contributed by atoms with Crippen molar-refractivity contribution < 1.29 is 13.2 Å². The number of hydrogen-bond acceptors (Lipinski definition) is 6. The predicted octanol–water partition coefficient (Wildman–Crippen LogP) is 2.97. The van der Waals surface area contributed by atoms with Crippen molar-refractivity contribution in [1.82, 2.24) is 14.9 Å². The fourth-order valence-electron chi connectivity index (χ4n) is 3.41. The fourth-order valence-corrected chi connectivity index (χ4v) is 6.04. The highest BCUT2D eigenvalue weighted by molar-refractivity contribution is 8.00. The van der Waals surface area contributed by atoms with E-state index in [-0.39, 0.29) is 23.5 Å². The quantitative estimate of drug-likeness (QED) is 0.529. The first-order valence-electron chi connectivity index (χ1n) is 9.37. The molecule has 0 unspecified atom stereocenters. The van der Waals surface area contributed by atoms with Crippen LogP contribution >= 0.6 is 11.8 Å².